The van der Waals surface area contributed by atoms with E-state index in [4.69, 9.17) is 0 Å². The van der Waals surface area contributed by atoms with Gasteiger partial charge in [-0.05, 0) is 18.2 Å². The van der Waals surface area contributed by atoms with Gasteiger partial charge in [-0.3, -0.25) is 5.10 Å². The number of anilines is 1. The van der Waals surface area contributed by atoms with Gasteiger partial charge in [0, 0.05) is 28.2 Å². The van der Waals surface area contributed by atoms with Crippen molar-refractivity contribution in [2.24, 2.45) is 0 Å². The molecular weight excluding hydrogens is 330 g/mol. The summed E-state index contributed by atoms with van der Waals surface area (Å²) in [5.74, 6) is 0. The third-order valence-corrected chi connectivity index (χ3v) is 4.63. The van der Waals surface area contributed by atoms with E-state index in [2.05, 4.69) is 26.6 Å². The average Bonchev–Trinajstić information content (AvgIpc) is 3.32. The van der Waals surface area contributed by atoms with Gasteiger partial charge in [0.05, 0.1) is 17.4 Å². The fourth-order valence-corrected chi connectivity index (χ4v) is 3.26. The van der Waals surface area contributed by atoms with Crippen LogP contribution in [0.4, 0.5) is 5.69 Å². The summed E-state index contributed by atoms with van der Waals surface area (Å²) in [5, 5.41) is 23.3. The van der Waals surface area contributed by atoms with E-state index in [9.17, 15) is 5.26 Å². The van der Waals surface area contributed by atoms with Gasteiger partial charge in [0.25, 0.3) is 0 Å². The van der Waals surface area contributed by atoms with Crippen molar-refractivity contribution in [3.05, 3.63) is 71.3 Å². The number of hydrogen-bond acceptors (Lipinski definition) is 5. The molecule has 0 amide bonds. The maximum Gasteiger partial charge on any atom is 0.136 e. The van der Waals surface area contributed by atoms with Gasteiger partial charge in [-0.1, -0.05) is 30.3 Å². The first-order valence-electron chi connectivity index (χ1n) is 7.65. The number of nitriles is 1. The Hall–Kier alpha value is -3.43. The Labute approximate surface area is 148 Å². The summed E-state index contributed by atoms with van der Waals surface area (Å²) in [6.07, 6.45) is 3.46. The zero-order chi connectivity index (χ0) is 17.1. The lowest BCUT2D eigenvalue weighted by Gasteiger charge is -2.01. The zero-order valence-electron chi connectivity index (χ0n) is 13.1. The number of benzene rings is 2. The summed E-state index contributed by atoms with van der Waals surface area (Å²) in [6, 6.07) is 18.0. The summed E-state index contributed by atoms with van der Waals surface area (Å²) < 4.78 is 0. The molecule has 0 aliphatic rings. The third-order valence-electron chi connectivity index (χ3n) is 3.75. The van der Waals surface area contributed by atoms with Crippen molar-refractivity contribution in [3.63, 3.8) is 0 Å². The molecule has 0 fully saturated rings. The molecule has 2 aromatic carbocycles. The van der Waals surface area contributed by atoms with E-state index in [1.54, 1.807) is 12.4 Å². The second-order valence-corrected chi connectivity index (χ2v) is 6.25. The van der Waals surface area contributed by atoms with Gasteiger partial charge in [-0.2, -0.15) is 10.4 Å². The second-order valence-electron chi connectivity index (χ2n) is 5.39. The molecule has 120 valence electrons. The average molecular weight is 343 g/mol. The number of rotatable bonds is 4. The lowest BCUT2D eigenvalue weighted by atomic mass is 10.2. The fraction of sp³-hybridized carbons (Fsp3) is 0. The summed E-state index contributed by atoms with van der Waals surface area (Å²) in [5.41, 5.74) is 4.24. The lowest BCUT2D eigenvalue weighted by molar-refractivity contribution is 1.12. The van der Waals surface area contributed by atoms with Crippen LogP contribution in [0.2, 0.25) is 0 Å². The van der Waals surface area contributed by atoms with Crippen LogP contribution in [0.15, 0.2) is 66.3 Å². The molecular formula is C19H13N5S. The molecule has 2 aromatic heterocycles. The molecule has 25 heavy (non-hydrogen) atoms. The van der Waals surface area contributed by atoms with Crippen molar-refractivity contribution < 1.29 is 0 Å². The van der Waals surface area contributed by atoms with Gasteiger partial charge >= 0.3 is 0 Å². The van der Waals surface area contributed by atoms with Crippen LogP contribution in [0.1, 0.15) is 5.01 Å². The van der Waals surface area contributed by atoms with Gasteiger partial charge in [0.15, 0.2) is 0 Å². The quantitative estimate of drug-likeness (QED) is 0.528. The van der Waals surface area contributed by atoms with Gasteiger partial charge in [0.2, 0.25) is 0 Å². The number of hydrogen-bond donors (Lipinski definition) is 2. The largest absolute Gasteiger partial charge is 0.360 e. The molecule has 4 rings (SSSR count). The molecule has 0 aliphatic carbocycles. The normalized spacial score (nSPS) is 11.4. The predicted octanol–water partition coefficient (Wildman–Crippen LogP) is 4.66. The Kier molecular flexibility index (Phi) is 3.99. The minimum absolute atomic E-state index is 0.497. The highest BCUT2D eigenvalue weighted by atomic mass is 32.1. The van der Waals surface area contributed by atoms with E-state index in [0.717, 1.165) is 27.8 Å². The molecule has 2 heterocycles. The van der Waals surface area contributed by atoms with E-state index >= 15 is 0 Å². The highest BCUT2D eigenvalue weighted by molar-refractivity contribution is 7.11. The lowest BCUT2D eigenvalue weighted by Crippen LogP contribution is -1.91. The standard InChI is InChI=1S/C19H13N5S/c20-9-15(10-21-16-7-6-14-11-22-24-17(14)8-16)19-23-18(12-25-19)13-4-2-1-3-5-13/h1-8,10-12,21H,(H,22,24)/b15-10+. The van der Waals surface area contributed by atoms with Crippen LogP contribution in [0.5, 0.6) is 0 Å². The first-order chi connectivity index (χ1) is 12.3. The van der Waals surface area contributed by atoms with Crippen LogP contribution in [0.25, 0.3) is 27.7 Å². The number of thiazole rings is 1. The minimum atomic E-state index is 0.497. The summed E-state index contributed by atoms with van der Waals surface area (Å²) in [6.45, 7) is 0. The molecule has 4 aromatic rings. The number of allylic oxidation sites excluding steroid dienone is 1. The van der Waals surface area contributed by atoms with Crippen LogP contribution < -0.4 is 5.32 Å². The summed E-state index contributed by atoms with van der Waals surface area (Å²) >= 11 is 1.46. The van der Waals surface area contributed by atoms with Crippen LogP contribution in [-0.4, -0.2) is 15.2 Å². The Morgan fingerprint density at radius 1 is 1.20 bits per heavy atom. The first kappa shape index (κ1) is 15.1. The second kappa shape index (κ2) is 6.59. The molecule has 0 bridgehead atoms. The van der Waals surface area contributed by atoms with Crippen molar-refractivity contribution in [3.8, 4) is 17.3 Å². The van der Waals surface area contributed by atoms with Crippen molar-refractivity contribution in [2.45, 2.75) is 0 Å². The van der Waals surface area contributed by atoms with E-state index < -0.39 is 0 Å². The molecule has 0 spiro atoms. The highest BCUT2D eigenvalue weighted by Crippen LogP contribution is 2.26. The van der Waals surface area contributed by atoms with Crippen LogP contribution in [0, 0.1) is 11.3 Å². The van der Waals surface area contributed by atoms with Crippen LogP contribution in [0.3, 0.4) is 0 Å². The first-order valence-corrected chi connectivity index (χ1v) is 8.53. The smallest absolute Gasteiger partial charge is 0.136 e. The Morgan fingerprint density at radius 3 is 2.92 bits per heavy atom. The Bertz CT molecular complexity index is 1090. The maximum atomic E-state index is 9.47. The molecule has 0 atom stereocenters. The number of nitrogens with one attached hydrogen (secondary N) is 2. The Balaban J connectivity index is 1.58. The van der Waals surface area contributed by atoms with E-state index in [-0.39, 0.29) is 0 Å². The minimum Gasteiger partial charge on any atom is -0.360 e. The molecule has 0 unspecified atom stereocenters. The van der Waals surface area contributed by atoms with Gasteiger partial charge < -0.3 is 5.32 Å². The van der Waals surface area contributed by atoms with Crippen molar-refractivity contribution in [1.29, 1.82) is 5.26 Å². The zero-order valence-corrected chi connectivity index (χ0v) is 13.9. The van der Waals surface area contributed by atoms with Gasteiger partial charge in [-0.15, -0.1) is 11.3 Å². The monoisotopic (exact) mass is 343 g/mol. The molecule has 6 heteroatoms. The molecule has 0 radical (unpaired) electrons. The molecule has 5 nitrogen and oxygen atoms in total. The van der Waals surface area contributed by atoms with Gasteiger partial charge in [0.1, 0.15) is 16.6 Å². The van der Waals surface area contributed by atoms with E-state index in [1.807, 2.05) is 53.9 Å². The Morgan fingerprint density at radius 2 is 2.08 bits per heavy atom. The van der Waals surface area contributed by atoms with E-state index in [1.165, 1.54) is 11.3 Å². The fourth-order valence-electron chi connectivity index (χ4n) is 2.46. The highest BCUT2D eigenvalue weighted by Gasteiger charge is 2.08. The number of nitrogens with zero attached hydrogens (tertiary/aromatic N) is 3. The molecule has 0 aliphatic heterocycles. The maximum absolute atomic E-state index is 9.47. The van der Waals surface area contributed by atoms with Crippen LogP contribution in [-0.2, 0) is 0 Å². The molecule has 2 N–H and O–H groups in total. The number of aromatic amines is 1. The molecule has 0 saturated heterocycles. The van der Waals surface area contributed by atoms with Gasteiger partial charge in [-0.25, -0.2) is 4.98 Å². The number of aromatic nitrogens is 3. The summed E-state index contributed by atoms with van der Waals surface area (Å²) in [4.78, 5) is 4.58. The SMILES string of the molecule is N#C/C(=C\Nc1ccc2cn[nH]c2c1)c1nc(-c2ccccc2)cs1. The third kappa shape index (κ3) is 3.13. The molecule has 0 saturated carbocycles. The summed E-state index contributed by atoms with van der Waals surface area (Å²) in [7, 11) is 0. The van der Waals surface area contributed by atoms with Crippen LogP contribution >= 0.6 is 11.3 Å². The van der Waals surface area contributed by atoms with Crippen molar-refractivity contribution in [2.75, 3.05) is 5.32 Å². The van der Waals surface area contributed by atoms with Crippen molar-refractivity contribution in [1.82, 2.24) is 15.2 Å². The topological polar surface area (TPSA) is 77.4 Å². The number of fused-ring (bicyclic) bond motifs is 1. The van der Waals surface area contributed by atoms with E-state index in [0.29, 0.717) is 10.6 Å². The number of H-pyrrole nitrogens is 1. The van der Waals surface area contributed by atoms with Crippen molar-refractivity contribution >= 4 is 33.5 Å². The predicted molar refractivity (Wildman–Crippen MR) is 101 cm³/mol.